The number of primary amides is 1. The third kappa shape index (κ3) is 12.7. The average Bonchev–Trinajstić information content (AvgIpc) is 2.78. The van der Waals surface area contributed by atoms with Crippen LogP contribution in [0.15, 0.2) is 0 Å². The molecule has 0 aliphatic rings. The molecule has 4 amide bonds. The summed E-state index contributed by atoms with van der Waals surface area (Å²) in [6, 6.07) is -5.13. The Bertz CT molecular complexity index is 762. The number of aliphatic carboxylic acids is 2. The highest BCUT2D eigenvalue weighted by molar-refractivity contribution is 5.94. The number of carboxylic acids is 2. The second-order valence-corrected chi connectivity index (χ2v) is 8.32. The van der Waals surface area contributed by atoms with Gasteiger partial charge in [-0.2, -0.15) is 0 Å². The van der Waals surface area contributed by atoms with Crippen molar-refractivity contribution >= 4 is 35.6 Å². The molecule has 14 heteroatoms. The van der Waals surface area contributed by atoms with Crippen molar-refractivity contribution in [2.45, 2.75) is 83.0 Å². The number of nitrogens with two attached hydrogens (primary N) is 3. The predicted molar refractivity (Wildman–Crippen MR) is 124 cm³/mol. The maximum atomic E-state index is 13.0. The maximum Gasteiger partial charge on any atom is 0.326 e. The Morgan fingerprint density at radius 2 is 1.34 bits per heavy atom. The van der Waals surface area contributed by atoms with Crippen LogP contribution in [-0.4, -0.2) is 76.5 Å². The number of nitrogens with one attached hydrogen (secondary N) is 3. The van der Waals surface area contributed by atoms with Crippen LogP contribution in [0.4, 0.5) is 0 Å². The monoisotopic (exact) mass is 502 g/mol. The summed E-state index contributed by atoms with van der Waals surface area (Å²) < 4.78 is 0. The fourth-order valence-corrected chi connectivity index (χ4v) is 3.02. The van der Waals surface area contributed by atoms with Gasteiger partial charge in [0.1, 0.15) is 18.1 Å². The molecule has 0 spiro atoms. The molecule has 0 aromatic carbocycles. The van der Waals surface area contributed by atoms with Crippen LogP contribution in [0, 0.1) is 5.92 Å². The first-order chi connectivity index (χ1) is 16.3. The molecule has 11 N–H and O–H groups in total. The van der Waals surface area contributed by atoms with Gasteiger partial charge in [0.15, 0.2) is 0 Å². The Hall–Kier alpha value is -3.26. The zero-order chi connectivity index (χ0) is 27.1. The minimum atomic E-state index is -1.71. The van der Waals surface area contributed by atoms with Crippen LogP contribution in [0.3, 0.4) is 0 Å². The second-order valence-electron chi connectivity index (χ2n) is 8.32. The lowest BCUT2D eigenvalue weighted by molar-refractivity contribution is -0.147. The summed E-state index contributed by atoms with van der Waals surface area (Å²) >= 11 is 0. The van der Waals surface area contributed by atoms with E-state index in [1.165, 1.54) is 0 Å². The van der Waals surface area contributed by atoms with E-state index in [9.17, 15) is 33.9 Å². The van der Waals surface area contributed by atoms with Gasteiger partial charge >= 0.3 is 11.9 Å². The molecule has 0 heterocycles. The lowest BCUT2D eigenvalue weighted by Crippen LogP contribution is -2.57. The molecule has 14 nitrogen and oxygen atoms in total. The molecular weight excluding hydrogens is 464 g/mol. The number of unbranched alkanes of at least 4 members (excludes halogenated alkanes) is 1. The molecule has 0 fully saturated rings. The third-order valence-electron chi connectivity index (χ3n) is 5.45. The lowest BCUT2D eigenvalue weighted by Gasteiger charge is -2.26. The summed E-state index contributed by atoms with van der Waals surface area (Å²) in [5.74, 6) is -6.24. The standard InChI is InChI=1S/C21H38N6O8/c1-3-11(2)17(24)20(33)26-13(7-8-15(23)28)19(32)25-12(6-4-5-9-22)18(31)27-14(21(34)35)10-16(29)30/h11-14,17H,3-10,22,24H2,1-2H3,(H2,23,28)(H,25,32)(H,26,33)(H,27,31)(H,29,30)(H,34,35). The van der Waals surface area contributed by atoms with Gasteiger partial charge in [-0.3, -0.25) is 24.0 Å². The van der Waals surface area contributed by atoms with Gasteiger partial charge in [-0.25, -0.2) is 4.79 Å². The molecule has 0 aliphatic heterocycles. The van der Waals surface area contributed by atoms with Crippen molar-refractivity contribution in [3.63, 3.8) is 0 Å². The Labute approximate surface area is 203 Å². The van der Waals surface area contributed by atoms with Crippen LogP contribution >= 0.6 is 0 Å². The van der Waals surface area contributed by atoms with E-state index in [1.807, 2.05) is 6.92 Å². The van der Waals surface area contributed by atoms with Crippen LogP contribution in [0.25, 0.3) is 0 Å². The van der Waals surface area contributed by atoms with E-state index in [1.54, 1.807) is 6.92 Å². The van der Waals surface area contributed by atoms with Crippen molar-refractivity contribution in [3.8, 4) is 0 Å². The Kier molecular flexibility index (Phi) is 14.9. The molecule has 5 unspecified atom stereocenters. The molecule has 0 radical (unpaired) electrons. The maximum absolute atomic E-state index is 13.0. The molecule has 0 saturated heterocycles. The van der Waals surface area contributed by atoms with Crippen molar-refractivity contribution in [2.75, 3.05) is 6.54 Å². The van der Waals surface area contributed by atoms with Crippen molar-refractivity contribution in [1.82, 2.24) is 16.0 Å². The number of rotatable bonds is 18. The molecule has 5 atom stereocenters. The van der Waals surface area contributed by atoms with Crippen molar-refractivity contribution in [3.05, 3.63) is 0 Å². The quantitative estimate of drug-likeness (QED) is 0.0935. The summed E-state index contributed by atoms with van der Waals surface area (Å²) in [4.78, 5) is 71.7. The van der Waals surface area contributed by atoms with Crippen LogP contribution in [0.2, 0.25) is 0 Å². The largest absolute Gasteiger partial charge is 0.481 e. The van der Waals surface area contributed by atoms with E-state index in [4.69, 9.17) is 22.3 Å². The van der Waals surface area contributed by atoms with Gasteiger partial charge in [0.05, 0.1) is 12.5 Å². The second kappa shape index (κ2) is 16.4. The number of amides is 4. The van der Waals surface area contributed by atoms with E-state index < -0.39 is 66.2 Å². The molecule has 0 aliphatic carbocycles. The first kappa shape index (κ1) is 31.7. The van der Waals surface area contributed by atoms with Gasteiger partial charge in [-0.1, -0.05) is 20.3 Å². The molecule has 0 bridgehead atoms. The van der Waals surface area contributed by atoms with Gasteiger partial charge in [-0.05, 0) is 38.1 Å². The SMILES string of the molecule is CCC(C)C(N)C(=O)NC(CCC(N)=O)C(=O)NC(CCCCN)C(=O)NC(CC(=O)O)C(=O)O. The van der Waals surface area contributed by atoms with E-state index in [0.717, 1.165) is 0 Å². The summed E-state index contributed by atoms with van der Waals surface area (Å²) in [5, 5.41) is 25.1. The fraction of sp³-hybridized carbons (Fsp3) is 0.714. The van der Waals surface area contributed by atoms with Crippen LogP contribution < -0.4 is 33.2 Å². The van der Waals surface area contributed by atoms with E-state index >= 15 is 0 Å². The fourth-order valence-electron chi connectivity index (χ4n) is 3.02. The van der Waals surface area contributed by atoms with Crippen LogP contribution in [0.5, 0.6) is 0 Å². The highest BCUT2D eigenvalue weighted by Crippen LogP contribution is 2.08. The Balaban J connectivity index is 5.63. The van der Waals surface area contributed by atoms with Crippen molar-refractivity contribution < 1.29 is 39.0 Å². The summed E-state index contributed by atoms with van der Waals surface area (Å²) in [6.45, 7) is 3.91. The van der Waals surface area contributed by atoms with Gasteiger partial charge in [0.2, 0.25) is 23.6 Å². The van der Waals surface area contributed by atoms with Gasteiger partial charge < -0.3 is 43.4 Å². The van der Waals surface area contributed by atoms with Crippen molar-refractivity contribution in [2.24, 2.45) is 23.1 Å². The van der Waals surface area contributed by atoms with Gasteiger partial charge in [0.25, 0.3) is 0 Å². The predicted octanol–water partition coefficient (Wildman–Crippen LogP) is -2.23. The average molecular weight is 503 g/mol. The Morgan fingerprint density at radius 1 is 0.829 bits per heavy atom. The molecule has 0 aromatic rings. The van der Waals surface area contributed by atoms with Gasteiger partial charge in [-0.15, -0.1) is 0 Å². The Morgan fingerprint density at radius 3 is 1.80 bits per heavy atom. The minimum absolute atomic E-state index is 0.0665. The van der Waals surface area contributed by atoms with Gasteiger partial charge in [0, 0.05) is 6.42 Å². The highest BCUT2D eigenvalue weighted by atomic mass is 16.4. The number of hydrogen-bond donors (Lipinski definition) is 8. The van der Waals surface area contributed by atoms with E-state index in [0.29, 0.717) is 25.8 Å². The number of carbonyl (C=O) groups excluding carboxylic acids is 4. The van der Waals surface area contributed by atoms with E-state index in [2.05, 4.69) is 16.0 Å². The summed E-state index contributed by atoms with van der Waals surface area (Å²) in [7, 11) is 0. The number of carbonyl (C=O) groups is 6. The topological polar surface area (TPSA) is 257 Å². The van der Waals surface area contributed by atoms with Crippen LogP contribution in [0.1, 0.15) is 58.8 Å². The summed E-state index contributed by atoms with van der Waals surface area (Å²) in [6.07, 6.45) is 0.309. The smallest absolute Gasteiger partial charge is 0.326 e. The molecule has 0 aromatic heterocycles. The first-order valence-electron chi connectivity index (χ1n) is 11.4. The molecule has 0 rings (SSSR count). The van der Waals surface area contributed by atoms with Crippen molar-refractivity contribution in [1.29, 1.82) is 0 Å². The summed E-state index contributed by atoms with van der Waals surface area (Å²) in [5.41, 5.74) is 16.5. The zero-order valence-electron chi connectivity index (χ0n) is 20.1. The molecule has 35 heavy (non-hydrogen) atoms. The normalized spacial score (nSPS) is 15.1. The van der Waals surface area contributed by atoms with Crippen LogP contribution in [-0.2, 0) is 28.8 Å². The van der Waals surface area contributed by atoms with E-state index in [-0.39, 0.29) is 25.2 Å². The zero-order valence-corrected chi connectivity index (χ0v) is 20.1. The lowest BCUT2D eigenvalue weighted by atomic mass is 9.98. The number of carboxylic acid groups (broad SMARTS) is 2. The molecular formula is C21H38N6O8. The minimum Gasteiger partial charge on any atom is -0.481 e. The third-order valence-corrected chi connectivity index (χ3v) is 5.45. The number of hydrogen-bond acceptors (Lipinski definition) is 8. The highest BCUT2D eigenvalue weighted by Gasteiger charge is 2.31. The molecule has 0 saturated carbocycles. The molecule has 200 valence electrons. The first-order valence-corrected chi connectivity index (χ1v) is 11.4.